The van der Waals surface area contributed by atoms with Gasteiger partial charge in [0.1, 0.15) is 24.4 Å². The molecular formula is C8H13ClO6. The molecule has 0 radical (unpaired) electrons. The number of rotatable bonds is 3. The van der Waals surface area contributed by atoms with Crippen LogP contribution in [0.15, 0.2) is 11.8 Å². The van der Waals surface area contributed by atoms with Gasteiger partial charge in [-0.25, -0.2) is 0 Å². The minimum absolute atomic E-state index is 0.491. The Bertz CT molecular complexity index is 221. The van der Waals surface area contributed by atoms with E-state index in [4.69, 9.17) is 26.2 Å². The number of aliphatic hydroxyl groups excluding tert-OH is 4. The van der Waals surface area contributed by atoms with E-state index >= 15 is 0 Å². The second-order valence-corrected chi connectivity index (χ2v) is 3.35. The molecule has 88 valence electrons. The molecule has 0 aliphatic carbocycles. The van der Waals surface area contributed by atoms with Gasteiger partial charge in [-0.15, -0.1) is 0 Å². The normalized spacial score (nSPS) is 42.1. The van der Waals surface area contributed by atoms with Gasteiger partial charge in [-0.3, -0.25) is 0 Å². The molecule has 1 unspecified atom stereocenters. The summed E-state index contributed by atoms with van der Waals surface area (Å²) in [6, 6.07) is 0. The Morgan fingerprint density at radius 3 is 2.40 bits per heavy atom. The maximum atomic E-state index is 9.43. The summed E-state index contributed by atoms with van der Waals surface area (Å²) >= 11 is 5.20. The Labute approximate surface area is 91.3 Å². The second-order valence-electron chi connectivity index (χ2n) is 3.10. The average molecular weight is 241 g/mol. The van der Waals surface area contributed by atoms with E-state index in [2.05, 4.69) is 0 Å². The van der Waals surface area contributed by atoms with Crippen LogP contribution >= 0.6 is 11.6 Å². The minimum Gasteiger partial charge on any atom is -0.469 e. The molecule has 0 aromatic heterocycles. The molecule has 0 aromatic rings. The minimum atomic E-state index is -1.44. The lowest BCUT2D eigenvalue weighted by atomic mass is 9.99. The fourth-order valence-electron chi connectivity index (χ4n) is 1.29. The Kier molecular flexibility index (Phi) is 4.78. The first-order valence-electron chi connectivity index (χ1n) is 4.33. The lowest BCUT2D eigenvalue weighted by Gasteiger charge is -2.38. The van der Waals surface area contributed by atoms with E-state index in [1.807, 2.05) is 0 Å². The first-order valence-corrected chi connectivity index (χ1v) is 4.76. The summed E-state index contributed by atoms with van der Waals surface area (Å²) in [5, 5.41) is 37.0. The molecule has 1 saturated heterocycles. The largest absolute Gasteiger partial charge is 0.469 e. The van der Waals surface area contributed by atoms with Gasteiger partial charge in [0.15, 0.2) is 0 Å². The molecule has 5 atom stereocenters. The van der Waals surface area contributed by atoms with E-state index in [1.165, 1.54) is 0 Å². The molecule has 1 heterocycles. The first-order chi connectivity index (χ1) is 7.11. The third-order valence-corrected chi connectivity index (χ3v) is 2.22. The van der Waals surface area contributed by atoms with Crippen molar-refractivity contribution >= 4 is 11.6 Å². The fourth-order valence-corrected chi connectivity index (χ4v) is 1.35. The molecule has 1 aliphatic rings. The monoisotopic (exact) mass is 240 g/mol. The van der Waals surface area contributed by atoms with Gasteiger partial charge >= 0.3 is 0 Å². The summed E-state index contributed by atoms with van der Waals surface area (Å²) < 4.78 is 9.82. The van der Waals surface area contributed by atoms with Crippen molar-refractivity contribution in [2.45, 2.75) is 30.7 Å². The van der Waals surface area contributed by atoms with Crippen LogP contribution in [0.2, 0.25) is 0 Å². The summed E-state index contributed by atoms with van der Waals surface area (Å²) in [4.78, 5) is 0. The molecule has 1 fully saturated rings. The van der Waals surface area contributed by atoms with E-state index in [9.17, 15) is 15.3 Å². The van der Waals surface area contributed by atoms with Crippen LogP contribution in [0, 0.1) is 0 Å². The van der Waals surface area contributed by atoms with Crippen LogP contribution in [0.5, 0.6) is 0 Å². The van der Waals surface area contributed by atoms with Gasteiger partial charge in [-0.05, 0) is 0 Å². The van der Waals surface area contributed by atoms with Crippen LogP contribution in [0.4, 0.5) is 0 Å². The predicted molar refractivity (Wildman–Crippen MR) is 49.8 cm³/mol. The van der Waals surface area contributed by atoms with E-state index in [-0.39, 0.29) is 0 Å². The van der Waals surface area contributed by atoms with Gasteiger partial charge in [0.05, 0.1) is 12.9 Å². The van der Waals surface area contributed by atoms with Crippen LogP contribution in [-0.2, 0) is 9.47 Å². The van der Waals surface area contributed by atoms with Crippen molar-refractivity contribution in [3.8, 4) is 0 Å². The predicted octanol–water partition coefficient (Wildman–Crippen LogP) is -1.49. The van der Waals surface area contributed by atoms with E-state index in [0.29, 0.717) is 0 Å². The highest BCUT2D eigenvalue weighted by molar-refractivity contribution is 6.25. The maximum absolute atomic E-state index is 9.43. The third kappa shape index (κ3) is 2.81. The maximum Gasteiger partial charge on any atom is 0.228 e. The van der Waals surface area contributed by atoms with Crippen molar-refractivity contribution in [2.75, 3.05) is 6.61 Å². The highest BCUT2D eigenvalue weighted by Crippen LogP contribution is 2.21. The van der Waals surface area contributed by atoms with Crippen molar-refractivity contribution in [2.24, 2.45) is 0 Å². The molecule has 0 saturated carbocycles. The summed E-state index contributed by atoms with van der Waals surface area (Å²) in [5.41, 5.74) is 1.06. The Morgan fingerprint density at radius 1 is 1.20 bits per heavy atom. The number of hydrogen-bond donors (Lipinski definition) is 4. The zero-order valence-corrected chi connectivity index (χ0v) is 8.49. The van der Waals surface area contributed by atoms with Gasteiger partial charge in [0.25, 0.3) is 0 Å². The molecular weight excluding hydrogens is 228 g/mol. The summed E-state index contributed by atoms with van der Waals surface area (Å²) in [6.07, 6.45) is -5.31. The van der Waals surface area contributed by atoms with Gasteiger partial charge < -0.3 is 29.9 Å². The third-order valence-electron chi connectivity index (χ3n) is 2.11. The number of hydrogen-bond acceptors (Lipinski definition) is 6. The zero-order valence-electron chi connectivity index (χ0n) is 7.73. The molecule has 0 aromatic carbocycles. The van der Waals surface area contributed by atoms with Crippen molar-refractivity contribution < 1.29 is 29.9 Å². The molecule has 15 heavy (non-hydrogen) atoms. The van der Waals surface area contributed by atoms with Crippen LogP contribution in [-0.4, -0.2) is 57.7 Å². The molecule has 0 bridgehead atoms. The molecule has 0 spiro atoms. The molecule has 4 N–H and O–H groups in total. The molecule has 0 amide bonds. The lowest BCUT2D eigenvalue weighted by molar-refractivity contribution is -0.287. The average Bonchev–Trinajstić information content (AvgIpc) is 2.25. The van der Waals surface area contributed by atoms with E-state index < -0.39 is 37.3 Å². The van der Waals surface area contributed by atoms with Crippen molar-refractivity contribution in [1.29, 1.82) is 0 Å². The van der Waals surface area contributed by atoms with Crippen molar-refractivity contribution in [3.05, 3.63) is 11.8 Å². The van der Waals surface area contributed by atoms with E-state index in [1.54, 1.807) is 0 Å². The topological polar surface area (TPSA) is 99.4 Å². The Morgan fingerprint density at radius 2 is 1.87 bits per heavy atom. The highest BCUT2D eigenvalue weighted by Gasteiger charge is 2.44. The summed E-state index contributed by atoms with van der Waals surface area (Å²) in [6.45, 7) is -0.491. The molecule has 7 heteroatoms. The summed E-state index contributed by atoms with van der Waals surface area (Å²) in [5.74, 6) is 0. The quantitative estimate of drug-likeness (QED) is 0.449. The van der Waals surface area contributed by atoms with Crippen LogP contribution in [0.1, 0.15) is 0 Å². The SMILES string of the molecule is OC[C@H]1OC(OC=CCl)[C@H](O)[C@@H](O)[C@H]1O. The number of halogens is 1. The second kappa shape index (κ2) is 5.64. The number of ether oxygens (including phenoxy) is 2. The van der Waals surface area contributed by atoms with E-state index in [0.717, 1.165) is 11.8 Å². The zero-order chi connectivity index (χ0) is 11.4. The van der Waals surface area contributed by atoms with Crippen molar-refractivity contribution in [1.82, 2.24) is 0 Å². The molecule has 1 rings (SSSR count). The van der Waals surface area contributed by atoms with Crippen LogP contribution in [0.25, 0.3) is 0 Å². The van der Waals surface area contributed by atoms with Crippen LogP contribution in [0.3, 0.4) is 0 Å². The van der Waals surface area contributed by atoms with Crippen molar-refractivity contribution in [3.63, 3.8) is 0 Å². The molecule has 1 aliphatic heterocycles. The highest BCUT2D eigenvalue weighted by atomic mass is 35.5. The molecule has 6 nitrogen and oxygen atoms in total. The van der Waals surface area contributed by atoms with Gasteiger partial charge in [0, 0.05) is 5.54 Å². The fraction of sp³-hybridized carbons (Fsp3) is 0.750. The Hall–Kier alpha value is -0.370. The Balaban J connectivity index is 2.65. The van der Waals surface area contributed by atoms with Gasteiger partial charge in [0.2, 0.25) is 6.29 Å². The van der Waals surface area contributed by atoms with Crippen LogP contribution < -0.4 is 0 Å². The number of aliphatic hydroxyl groups is 4. The van der Waals surface area contributed by atoms with Gasteiger partial charge in [-0.1, -0.05) is 11.6 Å². The lowest BCUT2D eigenvalue weighted by Crippen LogP contribution is -2.58. The standard InChI is InChI=1S/C8H13ClO6/c9-1-2-14-8-7(13)6(12)5(11)4(3-10)15-8/h1-2,4-8,10-13H,3H2/t4-,5+,6+,7-,8?/m1/s1. The smallest absolute Gasteiger partial charge is 0.228 e. The first kappa shape index (κ1) is 12.7. The summed E-state index contributed by atoms with van der Waals surface area (Å²) in [7, 11) is 0. The van der Waals surface area contributed by atoms with Gasteiger partial charge in [-0.2, -0.15) is 0 Å².